The van der Waals surface area contributed by atoms with E-state index in [2.05, 4.69) is 16.9 Å². The Hall–Kier alpha value is -1.57. The molecule has 24 heavy (non-hydrogen) atoms. The van der Waals surface area contributed by atoms with E-state index in [1.54, 1.807) is 12.1 Å². The van der Waals surface area contributed by atoms with Gasteiger partial charge in [0.2, 0.25) is 0 Å². The lowest BCUT2D eigenvalue weighted by atomic mass is 10.2. The fourth-order valence-corrected chi connectivity index (χ4v) is 3.54. The van der Waals surface area contributed by atoms with Gasteiger partial charge in [0.05, 0.1) is 24.9 Å². The van der Waals surface area contributed by atoms with Gasteiger partial charge in [0.1, 0.15) is 5.82 Å². The molecule has 1 saturated carbocycles. The highest BCUT2D eigenvalue weighted by Crippen LogP contribution is 2.39. The lowest BCUT2D eigenvalue weighted by molar-refractivity contribution is -0.0307. The number of ether oxygens (including phenoxy) is 1. The number of halogens is 1. The smallest absolute Gasteiger partial charge is 0.199 e. The van der Waals surface area contributed by atoms with Gasteiger partial charge < -0.3 is 4.74 Å². The van der Waals surface area contributed by atoms with E-state index in [1.807, 2.05) is 15.3 Å². The minimum atomic E-state index is -0.258. The predicted molar refractivity (Wildman–Crippen MR) is 91.7 cm³/mol. The van der Waals surface area contributed by atoms with E-state index in [1.165, 1.54) is 6.07 Å². The average Bonchev–Trinajstić information content (AvgIpc) is 3.34. The molecule has 7 heteroatoms. The summed E-state index contributed by atoms with van der Waals surface area (Å²) in [5.41, 5.74) is 0.518. The molecular weight excluding hydrogens is 327 g/mol. The second kappa shape index (κ2) is 6.38. The minimum absolute atomic E-state index is 0.212. The summed E-state index contributed by atoms with van der Waals surface area (Å²) in [6, 6.07) is 7.12. The van der Waals surface area contributed by atoms with E-state index >= 15 is 0 Å². The van der Waals surface area contributed by atoms with Gasteiger partial charge in [-0.3, -0.25) is 9.47 Å². The van der Waals surface area contributed by atoms with Gasteiger partial charge in [-0.1, -0.05) is 12.1 Å². The van der Waals surface area contributed by atoms with Crippen molar-refractivity contribution >= 4 is 12.2 Å². The Labute approximate surface area is 145 Å². The van der Waals surface area contributed by atoms with Gasteiger partial charge in [0.15, 0.2) is 10.6 Å². The molecule has 0 spiro atoms. The van der Waals surface area contributed by atoms with Gasteiger partial charge in [-0.05, 0) is 44.1 Å². The van der Waals surface area contributed by atoms with E-state index in [4.69, 9.17) is 17.0 Å². The molecule has 1 aromatic carbocycles. The zero-order chi connectivity index (χ0) is 16.7. The first-order valence-corrected chi connectivity index (χ1v) is 8.82. The molecule has 2 heterocycles. The molecule has 0 bridgehead atoms. The molecule has 1 unspecified atom stereocenters. The van der Waals surface area contributed by atoms with E-state index in [0.717, 1.165) is 32.5 Å². The van der Waals surface area contributed by atoms with Gasteiger partial charge in [-0.15, -0.1) is 0 Å². The van der Waals surface area contributed by atoms with Crippen LogP contribution in [0.3, 0.4) is 0 Å². The third-order valence-corrected chi connectivity index (χ3v) is 4.96. The molecule has 1 atom stereocenters. The molecule has 2 aliphatic rings. The first kappa shape index (κ1) is 15.9. The van der Waals surface area contributed by atoms with Crippen molar-refractivity contribution in [2.75, 3.05) is 19.7 Å². The van der Waals surface area contributed by atoms with Gasteiger partial charge in [0, 0.05) is 19.1 Å². The summed E-state index contributed by atoms with van der Waals surface area (Å²) in [6.07, 6.45) is 2.37. The monoisotopic (exact) mass is 348 g/mol. The highest BCUT2D eigenvalue weighted by Gasteiger charge is 2.30. The molecule has 0 amide bonds. The standard InChI is InChI=1S/C17H21FN4OS/c1-12-10-20(8-9-23-12)11-21-17(24)22(13-6-7-13)16(19-21)14-4-2-3-5-15(14)18/h2-5,12-13H,6-11H2,1H3. The van der Waals surface area contributed by atoms with Crippen molar-refractivity contribution in [3.63, 3.8) is 0 Å². The van der Waals surface area contributed by atoms with Crippen LogP contribution < -0.4 is 0 Å². The number of aromatic nitrogens is 3. The summed E-state index contributed by atoms with van der Waals surface area (Å²) in [7, 11) is 0. The molecule has 4 rings (SSSR count). The van der Waals surface area contributed by atoms with Crippen LogP contribution in [0.25, 0.3) is 11.4 Å². The first-order valence-electron chi connectivity index (χ1n) is 8.41. The van der Waals surface area contributed by atoms with Crippen molar-refractivity contribution in [1.82, 2.24) is 19.2 Å². The summed E-state index contributed by atoms with van der Waals surface area (Å²) in [5, 5.41) is 4.67. The molecule has 2 fully saturated rings. The lowest BCUT2D eigenvalue weighted by Crippen LogP contribution is -2.42. The topological polar surface area (TPSA) is 35.2 Å². The van der Waals surface area contributed by atoms with Crippen LogP contribution in [0.4, 0.5) is 4.39 Å². The third-order valence-electron chi connectivity index (χ3n) is 4.56. The Balaban J connectivity index is 1.70. The number of rotatable bonds is 4. The van der Waals surface area contributed by atoms with E-state index in [9.17, 15) is 4.39 Å². The Kier molecular flexibility index (Phi) is 4.24. The van der Waals surface area contributed by atoms with Crippen molar-refractivity contribution in [3.8, 4) is 11.4 Å². The van der Waals surface area contributed by atoms with Crippen molar-refractivity contribution in [1.29, 1.82) is 0 Å². The molecule has 2 aromatic rings. The van der Waals surface area contributed by atoms with Crippen LogP contribution in [0.5, 0.6) is 0 Å². The molecule has 0 N–H and O–H groups in total. The summed E-state index contributed by atoms with van der Waals surface area (Å²) < 4.78 is 24.4. The first-order chi connectivity index (χ1) is 11.6. The highest BCUT2D eigenvalue weighted by molar-refractivity contribution is 7.71. The number of hydrogen-bond donors (Lipinski definition) is 0. The quantitative estimate of drug-likeness (QED) is 0.795. The maximum Gasteiger partial charge on any atom is 0.199 e. The fraction of sp³-hybridized carbons (Fsp3) is 0.529. The van der Waals surface area contributed by atoms with Crippen LogP contribution in [0.15, 0.2) is 24.3 Å². The number of hydrogen-bond acceptors (Lipinski definition) is 4. The van der Waals surface area contributed by atoms with E-state index in [0.29, 0.717) is 28.9 Å². The zero-order valence-electron chi connectivity index (χ0n) is 13.7. The molecule has 0 radical (unpaired) electrons. The number of benzene rings is 1. The van der Waals surface area contributed by atoms with Gasteiger partial charge in [-0.25, -0.2) is 9.07 Å². The van der Waals surface area contributed by atoms with E-state index in [-0.39, 0.29) is 11.9 Å². The second-order valence-electron chi connectivity index (χ2n) is 6.59. The van der Waals surface area contributed by atoms with Gasteiger partial charge in [-0.2, -0.15) is 5.10 Å². The van der Waals surface area contributed by atoms with Crippen LogP contribution in [-0.4, -0.2) is 45.0 Å². The van der Waals surface area contributed by atoms with Gasteiger partial charge in [0.25, 0.3) is 0 Å². The third kappa shape index (κ3) is 3.03. The molecule has 1 saturated heterocycles. The van der Waals surface area contributed by atoms with Gasteiger partial charge >= 0.3 is 0 Å². The summed E-state index contributed by atoms with van der Waals surface area (Å²) in [4.78, 5) is 2.28. The predicted octanol–water partition coefficient (Wildman–Crippen LogP) is 3.23. The molecule has 5 nitrogen and oxygen atoms in total. The largest absolute Gasteiger partial charge is 0.376 e. The summed E-state index contributed by atoms with van der Waals surface area (Å²) in [5.74, 6) is 0.383. The van der Waals surface area contributed by atoms with E-state index < -0.39 is 0 Å². The Bertz CT molecular complexity index is 798. The van der Waals surface area contributed by atoms with Crippen LogP contribution in [0, 0.1) is 10.6 Å². The Morgan fingerprint density at radius 3 is 2.83 bits per heavy atom. The normalized spacial score (nSPS) is 22.0. The fourth-order valence-electron chi connectivity index (χ4n) is 3.21. The molecule has 1 aliphatic heterocycles. The van der Waals surface area contributed by atoms with Crippen molar-refractivity contribution in [3.05, 3.63) is 34.9 Å². The van der Waals surface area contributed by atoms with Crippen LogP contribution in [0.1, 0.15) is 25.8 Å². The Morgan fingerprint density at radius 1 is 1.33 bits per heavy atom. The minimum Gasteiger partial charge on any atom is -0.376 e. The van der Waals surface area contributed by atoms with Crippen LogP contribution in [-0.2, 0) is 11.4 Å². The van der Waals surface area contributed by atoms with Crippen molar-refractivity contribution in [2.45, 2.75) is 38.6 Å². The highest BCUT2D eigenvalue weighted by atomic mass is 32.1. The SMILES string of the molecule is CC1CN(Cn2nc(-c3ccccc3F)n(C3CC3)c2=S)CCO1. The van der Waals surface area contributed by atoms with Crippen LogP contribution >= 0.6 is 12.2 Å². The molecule has 1 aromatic heterocycles. The number of morpholine rings is 1. The maximum absolute atomic E-state index is 14.3. The lowest BCUT2D eigenvalue weighted by Gasteiger charge is -2.30. The molecular formula is C17H21FN4OS. The molecule has 128 valence electrons. The average molecular weight is 348 g/mol. The van der Waals surface area contributed by atoms with Crippen LogP contribution in [0.2, 0.25) is 0 Å². The summed E-state index contributed by atoms with van der Waals surface area (Å²) in [6.45, 7) is 5.12. The van der Waals surface area contributed by atoms with Crippen molar-refractivity contribution < 1.29 is 9.13 Å². The number of nitrogens with zero attached hydrogens (tertiary/aromatic N) is 4. The zero-order valence-corrected chi connectivity index (χ0v) is 14.5. The summed E-state index contributed by atoms with van der Waals surface area (Å²) >= 11 is 5.65. The maximum atomic E-state index is 14.3. The van der Waals surface area contributed by atoms with Crippen molar-refractivity contribution in [2.24, 2.45) is 0 Å². The second-order valence-corrected chi connectivity index (χ2v) is 6.95. The molecule has 1 aliphatic carbocycles. The Morgan fingerprint density at radius 2 is 2.12 bits per heavy atom.